The lowest BCUT2D eigenvalue weighted by Crippen LogP contribution is -2.14. The van der Waals surface area contributed by atoms with Crippen molar-refractivity contribution >= 4 is 34.7 Å². The molecule has 0 amide bonds. The zero-order valence-corrected chi connectivity index (χ0v) is 31.0. The van der Waals surface area contributed by atoms with Gasteiger partial charge in [0.15, 0.2) is 0 Å². The first-order valence-corrected chi connectivity index (χ1v) is 19.6. The summed E-state index contributed by atoms with van der Waals surface area (Å²) < 4.78 is 5.73. The van der Waals surface area contributed by atoms with Crippen LogP contribution in [0.15, 0.2) is 151 Å². The second-order valence-electron chi connectivity index (χ2n) is 14.3. The number of esters is 1. The van der Waals surface area contributed by atoms with Crippen LogP contribution in [0.5, 0.6) is 0 Å². The molecule has 0 bridgehead atoms. The average molecular weight is 707 g/mol. The molecular formula is C50H46N2O2. The smallest absolute Gasteiger partial charge is 0.338 e. The molecule has 8 rings (SSSR count). The number of benzene rings is 6. The Morgan fingerprint density at radius 3 is 1.70 bits per heavy atom. The largest absolute Gasteiger partial charge is 0.462 e. The summed E-state index contributed by atoms with van der Waals surface area (Å²) in [5.41, 5.74) is 14.9. The Morgan fingerprint density at radius 1 is 0.537 bits per heavy atom. The molecule has 268 valence electrons. The molecule has 0 atom stereocenters. The fourth-order valence-electron chi connectivity index (χ4n) is 7.78. The van der Waals surface area contributed by atoms with Crippen molar-refractivity contribution in [1.29, 1.82) is 0 Å². The number of anilines is 2. The Morgan fingerprint density at radius 2 is 1.06 bits per heavy atom. The Bertz CT molecular complexity index is 2270. The summed E-state index contributed by atoms with van der Waals surface area (Å²) in [5.74, 6) is -0.269. The van der Waals surface area contributed by atoms with Crippen molar-refractivity contribution in [1.82, 2.24) is 0 Å². The van der Waals surface area contributed by atoms with Crippen LogP contribution >= 0.6 is 0 Å². The molecule has 0 spiro atoms. The number of hydrogen-bond donors (Lipinski definition) is 0. The lowest BCUT2D eigenvalue weighted by molar-refractivity contribution is 0.0497. The van der Waals surface area contributed by atoms with Gasteiger partial charge >= 0.3 is 5.97 Å². The van der Waals surface area contributed by atoms with E-state index in [1.54, 1.807) is 0 Å². The summed E-state index contributed by atoms with van der Waals surface area (Å²) >= 11 is 0. The summed E-state index contributed by atoms with van der Waals surface area (Å²) in [4.78, 5) is 13.2. The van der Waals surface area contributed by atoms with Crippen molar-refractivity contribution in [2.75, 3.05) is 11.6 Å². The Labute approximate surface area is 319 Å². The lowest BCUT2D eigenvalue weighted by atomic mass is 10.0. The zero-order chi connectivity index (χ0) is 36.7. The van der Waals surface area contributed by atoms with Crippen LogP contribution in [0.3, 0.4) is 0 Å². The summed E-state index contributed by atoms with van der Waals surface area (Å²) in [5, 5.41) is 7.40. The molecule has 0 N–H and O–H groups in total. The van der Waals surface area contributed by atoms with Gasteiger partial charge in [-0.1, -0.05) is 161 Å². The van der Waals surface area contributed by atoms with Gasteiger partial charge in [0, 0.05) is 11.1 Å². The van der Waals surface area contributed by atoms with Gasteiger partial charge in [0.1, 0.15) is 0 Å². The number of para-hydroxylation sites is 1. The maximum absolute atomic E-state index is 13.2. The van der Waals surface area contributed by atoms with E-state index in [-0.39, 0.29) is 5.97 Å². The maximum Gasteiger partial charge on any atom is 0.338 e. The quantitative estimate of drug-likeness (QED) is 0.0642. The first kappa shape index (κ1) is 35.1. The topological polar surface area (TPSA) is 41.9 Å². The molecule has 4 nitrogen and oxygen atoms in total. The summed E-state index contributed by atoms with van der Waals surface area (Å²) in [6.45, 7) is 2.70. The maximum atomic E-state index is 13.2. The monoisotopic (exact) mass is 706 g/mol. The first-order chi connectivity index (χ1) is 26.7. The number of ether oxygens (including phenoxy) is 1. The van der Waals surface area contributed by atoms with E-state index in [1.165, 1.54) is 66.4 Å². The minimum Gasteiger partial charge on any atom is -0.462 e. The highest BCUT2D eigenvalue weighted by atomic mass is 16.5. The molecule has 0 heterocycles. The van der Waals surface area contributed by atoms with Gasteiger partial charge in [-0.25, -0.2) is 9.80 Å². The molecule has 0 saturated heterocycles. The van der Waals surface area contributed by atoms with E-state index in [0.717, 1.165) is 57.7 Å². The van der Waals surface area contributed by atoms with Gasteiger partial charge in [-0.3, -0.25) is 0 Å². The van der Waals surface area contributed by atoms with Gasteiger partial charge in [0.25, 0.3) is 0 Å². The molecule has 0 radical (unpaired) electrons. The highest BCUT2D eigenvalue weighted by Crippen LogP contribution is 2.45. The predicted octanol–water partition coefficient (Wildman–Crippen LogP) is 13.1. The van der Waals surface area contributed by atoms with Crippen LogP contribution in [0, 0.1) is 0 Å². The second kappa shape index (κ2) is 16.3. The molecule has 2 aliphatic carbocycles. The summed E-state index contributed by atoms with van der Waals surface area (Å²) in [7, 11) is 0. The van der Waals surface area contributed by atoms with Gasteiger partial charge in [-0.15, -0.1) is 0 Å². The molecule has 0 fully saturated rings. The van der Waals surface area contributed by atoms with E-state index in [0.29, 0.717) is 12.2 Å². The molecular weight excluding hydrogens is 661 g/mol. The van der Waals surface area contributed by atoms with E-state index in [2.05, 4.69) is 110 Å². The first-order valence-electron chi connectivity index (χ1n) is 19.6. The van der Waals surface area contributed by atoms with Gasteiger partial charge < -0.3 is 4.74 Å². The third kappa shape index (κ3) is 7.30. The van der Waals surface area contributed by atoms with Crippen molar-refractivity contribution in [3.8, 4) is 22.3 Å². The average Bonchev–Trinajstić information content (AvgIpc) is 3.71. The molecule has 6 aromatic carbocycles. The minimum absolute atomic E-state index is 0.269. The van der Waals surface area contributed by atoms with E-state index < -0.39 is 0 Å². The Balaban J connectivity index is 1.06. The number of carbonyl (C=O) groups is 1. The number of hydrazone groups is 1. The van der Waals surface area contributed by atoms with Gasteiger partial charge in [-0.2, -0.15) is 5.10 Å². The number of rotatable bonds is 14. The van der Waals surface area contributed by atoms with Crippen LogP contribution in [0.25, 0.3) is 33.9 Å². The second-order valence-corrected chi connectivity index (χ2v) is 14.3. The van der Waals surface area contributed by atoms with Crippen LogP contribution < -0.4 is 5.01 Å². The van der Waals surface area contributed by atoms with Crippen LogP contribution in [-0.4, -0.2) is 18.3 Å². The van der Waals surface area contributed by atoms with Crippen molar-refractivity contribution in [2.24, 2.45) is 5.10 Å². The normalized spacial score (nSPS) is 12.9. The molecule has 0 aromatic heterocycles. The van der Waals surface area contributed by atoms with Gasteiger partial charge in [0.2, 0.25) is 0 Å². The fraction of sp³-hybridized carbons (Fsp3) is 0.200. The molecule has 4 heteroatoms. The molecule has 0 saturated carbocycles. The standard InChI is InChI=1S/C50H46N2O2/c1-2-3-4-5-6-7-8-18-33-54-50(53)37-29-32-46-48(35-37)44-25-16-17-26-45(44)49(46)51-52(38-19-10-9-11-20-38)39-30-27-36(28-31-39)34-47-42-23-14-12-21-40(42)41-22-13-15-24-43(41)47/h9-17,19-32,34-35H,2-8,18,33H2,1H3/b51-49-. The zero-order valence-electron chi connectivity index (χ0n) is 31.0. The van der Waals surface area contributed by atoms with Gasteiger partial charge in [0.05, 0.1) is 29.3 Å². The van der Waals surface area contributed by atoms with Crippen molar-refractivity contribution in [3.05, 3.63) is 179 Å². The van der Waals surface area contributed by atoms with Crippen molar-refractivity contribution in [2.45, 2.75) is 58.3 Å². The Hall–Kier alpha value is -6.00. The third-order valence-electron chi connectivity index (χ3n) is 10.6. The minimum atomic E-state index is -0.269. The van der Waals surface area contributed by atoms with E-state index >= 15 is 0 Å². The fourth-order valence-corrected chi connectivity index (χ4v) is 7.78. The number of hydrogen-bond acceptors (Lipinski definition) is 4. The molecule has 54 heavy (non-hydrogen) atoms. The third-order valence-corrected chi connectivity index (χ3v) is 10.6. The number of fused-ring (bicyclic) bond motifs is 6. The van der Waals surface area contributed by atoms with Crippen molar-refractivity contribution < 1.29 is 9.53 Å². The highest BCUT2D eigenvalue weighted by Gasteiger charge is 2.28. The lowest BCUT2D eigenvalue weighted by Gasteiger charge is -2.21. The van der Waals surface area contributed by atoms with Crippen LogP contribution in [0.1, 0.15) is 96.5 Å². The SMILES string of the molecule is CCCCCCCCCCOC(=O)c1ccc2c(c1)-c1ccccc1/C2=N/N(c1ccccc1)c1ccc(C=C2c3ccccc3-c3ccccc32)cc1. The summed E-state index contributed by atoms with van der Waals surface area (Å²) in [6, 6.07) is 50.4. The van der Waals surface area contributed by atoms with E-state index in [4.69, 9.17) is 9.84 Å². The molecule has 2 aliphatic rings. The number of nitrogens with zero attached hydrogens (tertiary/aromatic N) is 2. The number of unbranched alkanes of at least 4 members (excludes halogenated alkanes) is 7. The van der Waals surface area contributed by atoms with Crippen LogP contribution in [0.2, 0.25) is 0 Å². The van der Waals surface area contributed by atoms with Crippen molar-refractivity contribution in [3.63, 3.8) is 0 Å². The van der Waals surface area contributed by atoms with Crippen LogP contribution in [-0.2, 0) is 4.74 Å². The summed E-state index contributed by atoms with van der Waals surface area (Å²) in [6.07, 6.45) is 12.0. The van der Waals surface area contributed by atoms with Crippen LogP contribution in [0.4, 0.5) is 11.4 Å². The highest BCUT2D eigenvalue weighted by molar-refractivity contribution is 6.25. The Kier molecular flexibility index (Phi) is 10.6. The number of carbonyl (C=O) groups excluding carboxylic acids is 1. The van der Waals surface area contributed by atoms with E-state index in [9.17, 15) is 4.79 Å². The molecule has 6 aromatic rings. The predicted molar refractivity (Wildman–Crippen MR) is 224 cm³/mol. The van der Waals surface area contributed by atoms with E-state index in [1.807, 2.05) is 53.5 Å². The van der Waals surface area contributed by atoms with Gasteiger partial charge in [-0.05, 0) is 93.4 Å². The molecule has 0 unspecified atom stereocenters. The molecule has 0 aliphatic heterocycles.